The van der Waals surface area contributed by atoms with Crippen molar-refractivity contribution in [1.29, 1.82) is 0 Å². The van der Waals surface area contributed by atoms with Crippen LogP contribution in [0.15, 0.2) is 66.7 Å². The maximum atomic E-state index is 13.4. The number of ether oxygens (including phenoxy) is 3. The molecule has 2 atom stereocenters. The van der Waals surface area contributed by atoms with Gasteiger partial charge in [0.25, 0.3) is 0 Å². The number of rotatable bonds is 9. The number of anilines is 2. The Morgan fingerprint density at radius 2 is 1.65 bits per heavy atom. The highest BCUT2D eigenvalue weighted by Crippen LogP contribution is 2.29. The molecule has 4 rings (SSSR count). The standard InChI is InChI=1S/C31H35N3O6/c1-20-7-5-6-8-26(20)32-31(37)33-27-16-10-22(17-28(27)38-3)18-29(35)34-21(2)9-13-24(34)19-40-25-14-11-23(12-15-25)30(36)39-4/h5-8,10-12,14-17,21,24H,9,13,18-19H2,1-4H3,(H2,32,33,37)/t21-,24+/m1/s1. The third-order valence-electron chi connectivity index (χ3n) is 7.05. The number of likely N-dealkylation sites (tertiary alicyclic amines) is 1. The predicted octanol–water partition coefficient (Wildman–Crippen LogP) is 5.44. The van der Waals surface area contributed by atoms with Crippen molar-refractivity contribution in [3.8, 4) is 11.5 Å². The van der Waals surface area contributed by atoms with Gasteiger partial charge in [-0.05, 0) is 80.3 Å². The van der Waals surface area contributed by atoms with Crippen molar-refractivity contribution >= 4 is 29.3 Å². The summed E-state index contributed by atoms with van der Waals surface area (Å²) in [7, 11) is 2.87. The normalized spacial score (nSPS) is 16.2. The summed E-state index contributed by atoms with van der Waals surface area (Å²) in [5.41, 5.74) is 3.41. The van der Waals surface area contributed by atoms with Gasteiger partial charge in [-0.2, -0.15) is 0 Å². The molecule has 9 heteroatoms. The molecule has 0 unspecified atom stereocenters. The van der Waals surface area contributed by atoms with Crippen LogP contribution in [0, 0.1) is 6.92 Å². The second-order valence-corrected chi connectivity index (χ2v) is 9.81. The minimum Gasteiger partial charge on any atom is -0.495 e. The van der Waals surface area contributed by atoms with E-state index in [9.17, 15) is 14.4 Å². The van der Waals surface area contributed by atoms with Crippen LogP contribution in [0.5, 0.6) is 11.5 Å². The molecule has 0 radical (unpaired) electrons. The Hall–Kier alpha value is -4.53. The first-order valence-corrected chi connectivity index (χ1v) is 13.2. The average molecular weight is 546 g/mol. The van der Waals surface area contributed by atoms with Gasteiger partial charge in [0, 0.05) is 11.7 Å². The molecule has 3 aromatic carbocycles. The zero-order valence-corrected chi connectivity index (χ0v) is 23.2. The number of benzene rings is 3. The number of carbonyl (C=O) groups is 3. The molecule has 210 valence electrons. The van der Waals surface area contributed by atoms with Crippen LogP contribution in [0.4, 0.5) is 16.2 Å². The highest BCUT2D eigenvalue weighted by Gasteiger charge is 2.34. The smallest absolute Gasteiger partial charge is 0.337 e. The van der Waals surface area contributed by atoms with E-state index < -0.39 is 5.97 Å². The van der Waals surface area contributed by atoms with Crippen molar-refractivity contribution in [2.45, 2.75) is 45.2 Å². The van der Waals surface area contributed by atoms with Crippen molar-refractivity contribution in [2.75, 3.05) is 31.5 Å². The predicted molar refractivity (Wildman–Crippen MR) is 153 cm³/mol. The first kappa shape index (κ1) is 28.5. The maximum Gasteiger partial charge on any atom is 0.337 e. The summed E-state index contributed by atoms with van der Waals surface area (Å²) in [4.78, 5) is 39.5. The molecule has 0 saturated carbocycles. The maximum absolute atomic E-state index is 13.4. The van der Waals surface area contributed by atoms with Crippen molar-refractivity contribution in [3.05, 3.63) is 83.4 Å². The summed E-state index contributed by atoms with van der Waals surface area (Å²) >= 11 is 0. The van der Waals surface area contributed by atoms with Gasteiger partial charge >= 0.3 is 12.0 Å². The second kappa shape index (κ2) is 13.0. The molecule has 1 saturated heterocycles. The average Bonchev–Trinajstić information content (AvgIpc) is 3.33. The molecule has 1 aliphatic rings. The van der Waals surface area contributed by atoms with E-state index in [2.05, 4.69) is 10.6 Å². The molecule has 0 aromatic heterocycles. The zero-order chi connectivity index (χ0) is 28.6. The Morgan fingerprint density at radius 3 is 2.35 bits per heavy atom. The largest absolute Gasteiger partial charge is 0.495 e. The number of para-hydroxylation sites is 1. The Labute approximate surface area is 234 Å². The molecular weight excluding hydrogens is 510 g/mol. The molecular formula is C31H35N3O6. The van der Waals surface area contributed by atoms with Gasteiger partial charge in [0.05, 0.1) is 37.9 Å². The Bertz CT molecular complexity index is 1360. The molecule has 40 heavy (non-hydrogen) atoms. The van der Waals surface area contributed by atoms with Crippen LogP contribution in [0.1, 0.15) is 41.3 Å². The van der Waals surface area contributed by atoms with Crippen LogP contribution in [0.3, 0.4) is 0 Å². The van der Waals surface area contributed by atoms with Crippen LogP contribution in [-0.4, -0.2) is 55.7 Å². The van der Waals surface area contributed by atoms with Gasteiger partial charge < -0.3 is 29.7 Å². The first-order chi connectivity index (χ1) is 19.3. The molecule has 3 aromatic rings. The van der Waals surface area contributed by atoms with E-state index >= 15 is 0 Å². The molecule has 2 N–H and O–H groups in total. The summed E-state index contributed by atoms with van der Waals surface area (Å²) in [5.74, 6) is 0.687. The molecule has 0 aliphatic carbocycles. The van der Waals surface area contributed by atoms with Crippen LogP contribution in [0.2, 0.25) is 0 Å². The summed E-state index contributed by atoms with van der Waals surface area (Å²) < 4.78 is 16.2. The number of nitrogens with one attached hydrogen (secondary N) is 2. The van der Waals surface area contributed by atoms with Crippen LogP contribution in [-0.2, 0) is 16.0 Å². The van der Waals surface area contributed by atoms with Gasteiger partial charge in [0.2, 0.25) is 5.91 Å². The molecule has 1 aliphatic heterocycles. The number of hydrogen-bond donors (Lipinski definition) is 2. The van der Waals surface area contributed by atoms with Gasteiger partial charge in [-0.1, -0.05) is 24.3 Å². The van der Waals surface area contributed by atoms with Crippen LogP contribution < -0.4 is 20.1 Å². The highest BCUT2D eigenvalue weighted by molar-refractivity contribution is 6.01. The third-order valence-corrected chi connectivity index (χ3v) is 7.05. The molecule has 1 fully saturated rings. The number of nitrogens with zero attached hydrogens (tertiary/aromatic N) is 1. The van der Waals surface area contributed by atoms with E-state index in [4.69, 9.17) is 14.2 Å². The van der Waals surface area contributed by atoms with Crippen LogP contribution in [0.25, 0.3) is 0 Å². The fourth-order valence-corrected chi connectivity index (χ4v) is 4.89. The van der Waals surface area contributed by atoms with Gasteiger partial charge in [0.15, 0.2) is 0 Å². The number of methoxy groups -OCH3 is 2. The van der Waals surface area contributed by atoms with Crippen molar-refractivity contribution < 1.29 is 28.6 Å². The van der Waals surface area contributed by atoms with Gasteiger partial charge in [0.1, 0.15) is 18.1 Å². The van der Waals surface area contributed by atoms with Crippen molar-refractivity contribution in [3.63, 3.8) is 0 Å². The minimum atomic E-state index is -0.404. The minimum absolute atomic E-state index is 0.000280. The Morgan fingerprint density at radius 1 is 0.925 bits per heavy atom. The summed E-state index contributed by atoms with van der Waals surface area (Å²) in [5, 5.41) is 5.66. The Balaban J connectivity index is 1.37. The fourth-order valence-electron chi connectivity index (χ4n) is 4.89. The summed E-state index contributed by atoms with van der Waals surface area (Å²) in [6.45, 7) is 4.32. The lowest BCUT2D eigenvalue weighted by Crippen LogP contribution is -2.43. The van der Waals surface area contributed by atoms with E-state index in [1.165, 1.54) is 14.2 Å². The number of hydrogen-bond acceptors (Lipinski definition) is 6. The molecule has 9 nitrogen and oxygen atoms in total. The number of aryl methyl sites for hydroxylation is 1. The molecule has 0 bridgehead atoms. The monoisotopic (exact) mass is 545 g/mol. The molecule has 1 heterocycles. The van der Waals surface area contributed by atoms with Gasteiger partial charge in [-0.25, -0.2) is 9.59 Å². The highest BCUT2D eigenvalue weighted by atomic mass is 16.5. The lowest BCUT2D eigenvalue weighted by molar-refractivity contribution is -0.133. The number of esters is 1. The summed E-state index contributed by atoms with van der Waals surface area (Å²) in [6.07, 6.45) is 1.93. The third kappa shape index (κ3) is 6.91. The van der Waals surface area contributed by atoms with Crippen molar-refractivity contribution in [2.24, 2.45) is 0 Å². The SMILES string of the molecule is COC(=O)c1ccc(OC[C@@H]2CC[C@@H](C)N2C(=O)Cc2ccc(NC(=O)Nc3ccccc3C)c(OC)c2)cc1. The number of urea groups is 1. The molecule has 3 amide bonds. The van der Waals surface area contributed by atoms with Crippen molar-refractivity contribution in [1.82, 2.24) is 4.90 Å². The van der Waals surface area contributed by atoms with E-state index in [1.54, 1.807) is 36.4 Å². The van der Waals surface area contributed by atoms with E-state index in [0.29, 0.717) is 29.4 Å². The van der Waals surface area contributed by atoms with E-state index in [1.807, 2.05) is 49.1 Å². The number of carbonyl (C=O) groups excluding carboxylic acids is 3. The second-order valence-electron chi connectivity index (χ2n) is 9.81. The lowest BCUT2D eigenvalue weighted by atomic mass is 10.1. The topological polar surface area (TPSA) is 106 Å². The van der Waals surface area contributed by atoms with E-state index in [0.717, 1.165) is 29.7 Å². The van der Waals surface area contributed by atoms with Crippen LogP contribution >= 0.6 is 0 Å². The van der Waals surface area contributed by atoms with E-state index in [-0.39, 0.29) is 30.4 Å². The first-order valence-electron chi connectivity index (χ1n) is 13.2. The fraction of sp³-hybridized carbons (Fsp3) is 0.323. The lowest BCUT2D eigenvalue weighted by Gasteiger charge is -2.29. The quantitative estimate of drug-likeness (QED) is 0.347. The number of amides is 3. The Kier molecular flexibility index (Phi) is 9.27. The summed E-state index contributed by atoms with van der Waals surface area (Å²) in [6, 6.07) is 19.3. The zero-order valence-electron chi connectivity index (χ0n) is 23.2. The van der Waals surface area contributed by atoms with Gasteiger partial charge in [-0.3, -0.25) is 4.79 Å². The molecule has 0 spiro atoms. The van der Waals surface area contributed by atoms with Gasteiger partial charge in [-0.15, -0.1) is 0 Å².